The first-order valence-corrected chi connectivity index (χ1v) is 6.87. The lowest BCUT2D eigenvalue weighted by Gasteiger charge is -2.18. The van der Waals surface area contributed by atoms with Gasteiger partial charge in [0.05, 0.1) is 0 Å². The van der Waals surface area contributed by atoms with E-state index in [9.17, 15) is 17.2 Å². The molecule has 0 fully saturated rings. The largest absolute Gasteiger partial charge is 0.325 e. The van der Waals surface area contributed by atoms with Crippen molar-refractivity contribution >= 4 is 9.84 Å². The van der Waals surface area contributed by atoms with E-state index in [4.69, 9.17) is 5.73 Å². The minimum absolute atomic E-state index is 0.255. The number of rotatable bonds is 3. The van der Waals surface area contributed by atoms with Crippen LogP contribution in [0.5, 0.6) is 0 Å². The minimum atomic E-state index is -3.91. The minimum Gasteiger partial charge on any atom is -0.325 e. The number of hydrogen-bond donors (Lipinski definition) is 1. The smallest absolute Gasteiger partial charge is 0.181 e. The third-order valence-corrected chi connectivity index (χ3v) is 3.22. The molecular formula is C11H15F2NO2S. The van der Waals surface area contributed by atoms with E-state index < -0.39 is 31.9 Å². The van der Waals surface area contributed by atoms with E-state index in [-0.39, 0.29) is 6.42 Å². The summed E-state index contributed by atoms with van der Waals surface area (Å²) in [5, 5.41) is 0. The van der Waals surface area contributed by atoms with Gasteiger partial charge in [0.15, 0.2) is 9.84 Å². The Hall–Kier alpha value is -1.01. The Morgan fingerprint density at radius 3 is 1.94 bits per heavy atom. The summed E-state index contributed by atoms with van der Waals surface area (Å²) in [6, 6.07) is 2.02. The van der Waals surface area contributed by atoms with Crippen LogP contribution >= 0.6 is 0 Å². The highest BCUT2D eigenvalue weighted by Crippen LogP contribution is 2.22. The number of sulfone groups is 1. The summed E-state index contributed by atoms with van der Waals surface area (Å²) < 4.78 is 49.4. The second kappa shape index (κ2) is 4.34. The summed E-state index contributed by atoms with van der Waals surface area (Å²) in [5.74, 6) is -2.15. The summed E-state index contributed by atoms with van der Waals surface area (Å²) >= 11 is 0. The van der Waals surface area contributed by atoms with Crippen molar-refractivity contribution in [3.63, 3.8) is 0 Å². The summed E-state index contributed by atoms with van der Waals surface area (Å²) in [5.41, 5.74) is 5.44. The molecule has 0 radical (unpaired) electrons. The van der Waals surface area contributed by atoms with Gasteiger partial charge in [0.2, 0.25) is 0 Å². The summed E-state index contributed by atoms with van der Waals surface area (Å²) in [4.78, 5) is -0.893. The molecule has 0 bridgehead atoms. The third-order valence-electron chi connectivity index (χ3n) is 2.09. The van der Waals surface area contributed by atoms with Crippen LogP contribution < -0.4 is 5.73 Å². The average molecular weight is 263 g/mol. The van der Waals surface area contributed by atoms with Gasteiger partial charge >= 0.3 is 0 Å². The van der Waals surface area contributed by atoms with Crippen LogP contribution in [0.15, 0.2) is 17.0 Å². The van der Waals surface area contributed by atoms with Gasteiger partial charge < -0.3 is 5.73 Å². The first-order valence-electron chi connectivity index (χ1n) is 4.97. The maximum atomic E-state index is 13.5. The van der Waals surface area contributed by atoms with Gasteiger partial charge in [0.25, 0.3) is 0 Å². The third kappa shape index (κ3) is 3.74. The maximum Gasteiger partial charge on any atom is 0.181 e. The van der Waals surface area contributed by atoms with Crippen molar-refractivity contribution in [3.8, 4) is 0 Å². The molecule has 1 aromatic rings. The highest BCUT2D eigenvalue weighted by atomic mass is 32.2. The SMILES string of the molecule is CC(C)(N)Cc1cc(F)c(S(C)(=O)=O)c(F)c1. The molecule has 1 rings (SSSR count). The Morgan fingerprint density at radius 1 is 1.24 bits per heavy atom. The molecule has 0 unspecified atom stereocenters. The molecular weight excluding hydrogens is 248 g/mol. The van der Waals surface area contributed by atoms with Crippen LogP contribution in [0.4, 0.5) is 8.78 Å². The molecule has 0 aromatic heterocycles. The van der Waals surface area contributed by atoms with Crippen LogP contribution in [-0.4, -0.2) is 20.2 Å². The highest BCUT2D eigenvalue weighted by Gasteiger charge is 2.22. The Balaban J connectivity index is 3.29. The molecule has 1 aromatic carbocycles. The first kappa shape index (κ1) is 14.1. The molecule has 0 aliphatic heterocycles. The number of nitrogens with two attached hydrogens (primary N) is 1. The fraction of sp³-hybridized carbons (Fsp3) is 0.455. The molecule has 3 nitrogen and oxygen atoms in total. The van der Waals surface area contributed by atoms with Crippen LogP contribution in [0.3, 0.4) is 0 Å². The van der Waals surface area contributed by atoms with Crippen molar-refractivity contribution in [2.24, 2.45) is 5.73 Å². The first-order chi connectivity index (χ1) is 7.50. The molecule has 0 spiro atoms. The molecule has 17 heavy (non-hydrogen) atoms. The molecule has 0 amide bonds. The topological polar surface area (TPSA) is 60.2 Å². The van der Waals surface area contributed by atoms with Gasteiger partial charge in [-0.25, -0.2) is 17.2 Å². The van der Waals surface area contributed by atoms with Crippen LogP contribution in [0.2, 0.25) is 0 Å². The molecule has 0 heterocycles. The van der Waals surface area contributed by atoms with Crippen molar-refractivity contribution < 1.29 is 17.2 Å². The van der Waals surface area contributed by atoms with E-state index in [2.05, 4.69) is 0 Å². The van der Waals surface area contributed by atoms with Crippen LogP contribution in [0.25, 0.3) is 0 Å². The normalized spacial score (nSPS) is 12.8. The molecule has 0 saturated heterocycles. The Labute approximate surface area is 99.6 Å². The van der Waals surface area contributed by atoms with Gasteiger partial charge in [0, 0.05) is 11.8 Å². The lowest BCUT2D eigenvalue weighted by Crippen LogP contribution is -2.34. The van der Waals surface area contributed by atoms with Gasteiger partial charge in [-0.2, -0.15) is 0 Å². The van der Waals surface area contributed by atoms with Crippen molar-refractivity contribution in [1.29, 1.82) is 0 Å². The van der Waals surface area contributed by atoms with Crippen molar-refractivity contribution in [2.45, 2.75) is 30.7 Å². The van der Waals surface area contributed by atoms with Crippen LogP contribution in [0, 0.1) is 11.6 Å². The Bertz CT molecular complexity index is 510. The highest BCUT2D eigenvalue weighted by molar-refractivity contribution is 7.90. The Kier molecular flexibility index (Phi) is 3.59. The maximum absolute atomic E-state index is 13.5. The van der Waals surface area contributed by atoms with E-state index in [1.54, 1.807) is 13.8 Å². The van der Waals surface area contributed by atoms with E-state index in [0.717, 1.165) is 18.4 Å². The van der Waals surface area contributed by atoms with Gasteiger partial charge in [-0.1, -0.05) is 0 Å². The van der Waals surface area contributed by atoms with Crippen molar-refractivity contribution in [3.05, 3.63) is 29.3 Å². The predicted octanol–water partition coefficient (Wildman–Crippen LogP) is 1.65. The second-order valence-electron chi connectivity index (χ2n) is 4.83. The van der Waals surface area contributed by atoms with Crippen molar-refractivity contribution in [2.75, 3.05) is 6.26 Å². The lowest BCUT2D eigenvalue weighted by atomic mass is 9.96. The molecule has 0 aliphatic rings. The molecule has 6 heteroatoms. The summed E-state index contributed by atoms with van der Waals surface area (Å²) in [6.45, 7) is 3.43. The van der Waals surface area contributed by atoms with E-state index in [0.29, 0.717) is 5.56 Å². The van der Waals surface area contributed by atoms with E-state index in [1.807, 2.05) is 0 Å². The molecule has 96 valence electrons. The molecule has 0 saturated carbocycles. The monoisotopic (exact) mass is 263 g/mol. The fourth-order valence-electron chi connectivity index (χ4n) is 1.59. The Morgan fingerprint density at radius 2 is 1.65 bits per heavy atom. The predicted molar refractivity (Wildman–Crippen MR) is 61.4 cm³/mol. The number of hydrogen-bond acceptors (Lipinski definition) is 3. The lowest BCUT2D eigenvalue weighted by molar-refractivity contribution is 0.496. The van der Waals surface area contributed by atoms with Crippen molar-refractivity contribution in [1.82, 2.24) is 0 Å². The number of halogens is 2. The molecule has 2 N–H and O–H groups in total. The fourth-order valence-corrected chi connectivity index (χ4v) is 2.42. The zero-order chi connectivity index (χ0) is 13.4. The summed E-state index contributed by atoms with van der Waals surface area (Å²) in [6.07, 6.45) is 1.02. The molecule has 0 atom stereocenters. The van der Waals surface area contributed by atoms with Gasteiger partial charge in [0.1, 0.15) is 16.5 Å². The quantitative estimate of drug-likeness (QED) is 0.902. The van der Waals surface area contributed by atoms with Gasteiger partial charge in [-0.3, -0.25) is 0 Å². The van der Waals surface area contributed by atoms with Gasteiger partial charge in [-0.05, 0) is 38.0 Å². The van der Waals surface area contributed by atoms with E-state index >= 15 is 0 Å². The van der Waals surface area contributed by atoms with Crippen LogP contribution in [0.1, 0.15) is 19.4 Å². The van der Waals surface area contributed by atoms with Gasteiger partial charge in [-0.15, -0.1) is 0 Å². The van der Waals surface area contributed by atoms with E-state index in [1.165, 1.54) is 0 Å². The second-order valence-corrected chi connectivity index (χ2v) is 6.78. The zero-order valence-electron chi connectivity index (χ0n) is 9.92. The molecule has 0 aliphatic carbocycles. The summed E-state index contributed by atoms with van der Waals surface area (Å²) in [7, 11) is -3.91. The number of benzene rings is 1. The average Bonchev–Trinajstić information content (AvgIpc) is 1.94. The van der Waals surface area contributed by atoms with Crippen LogP contribution in [-0.2, 0) is 16.3 Å². The standard InChI is InChI=1S/C11H15F2NO2S/c1-11(2,14)6-7-4-8(12)10(9(13)5-7)17(3,15)16/h4-5H,6,14H2,1-3H3. The zero-order valence-corrected chi connectivity index (χ0v) is 10.7.